The van der Waals surface area contributed by atoms with E-state index in [1.807, 2.05) is 6.07 Å². The fourth-order valence-corrected chi connectivity index (χ4v) is 3.02. The van der Waals surface area contributed by atoms with Crippen molar-refractivity contribution in [2.45, 2.75) is 18.7 Å². The van der Waals surface area contributed by atoms with E-state index < -0.39 is 15.4 Å². The van der Waals surface area contributed by atoms with Crippen molar-refractivity contribution >= 4 is 33.2 Å². The van der Waals surface area contributed by atoms with Gasteiger partial charge in [0.2, 0.25) is 10.0 Å². The van der Waals surface area contributed by atoms with Crippen LogP contribution < -0.4 is 4.72 Å². The average molecular weight is 307 g/mol. The monoisotopic (exact) mass is 306 g/mol. The zero-order valence-electron chi connectivity index (χ0n) is 9.87. The molecule has 0 aliphatic heterocycles. The van der Waals surface area contributed by atoms with Gasteiger partial charge in [-0.1, -0.05) is 23.2 Å². The molecule has 1 aromatic rings. The quantitative estimate of drug-likeness (QED) is 0.930. The fourth-order valence-electron chi connectivity index (χ4n) is 1.08. The van der Waals surface area contributed by atoms with E-state index in [1.54, 1.807) is 13.8 Å². The first-order valence-electron chi connectivity index (χ1n) is 5.03. The average Bonchev–Trinajstić information content (AvgIpc) is 2.25. The van der Waals surface area contributed by atoms with Gasteiger partial charge in [0.05, 0.1) is 16.4 Å². The standard InChI is InChI=1S/C11H12Cl2N2O2S/c1-11(2,6-14)7-15-18(16,17)10-4-8(12)3-9(13)5-10/h3-5,15H,7H2,1-2H3. The van der Waals surface area contributed by atoms with Crippen LogP contribution in [0.1, 0.15) is 13.8 Å². The topological polar surface area (TPSA) is 70.0 Å². The predicted molar refractivity (Wildman–Crippen MR) is 71.0 cm³/mol. The van der Waals surface area contributed by atoms with Gasteiger partial charge in [-0.15, -0.1) is 0 Å². The highest BCUT2D eigenvalue weighted by molar-refractivity contribution is 7.89. The second-order valence-corrected chi connectivity index (χ2v) is 7.07. The second-order valence-electron chi connectivity index (χ2n) is 4.43. The van der Waals surface area contributed by atoms with Crippen LogP contribution in [-0.2, 0) is 10.0 Å². The van der Waals surface area contributed by atoms with Crippen molar-refractivity contribution in [3.05, 3.63) is 28.2 Å². The summed E-state index contributed by atoms with van der Waals surface area (Å²) in [7, 11) is -3.72. The van der Waals surface area contributed by atoms with Crippen LogP contribution in [0.15, 0.2) is 23.1 Å². The van der Waals surface area contributed by atoms with Crippen molar-refractivity contribution in [2.75, 3.05) is 6.54 Å². The van der Waals surface area contributed by atoms with Gasteiger partial charge in [0, 0.05) is 16.6 Å². The molecule has 0 aliphatic rings. The molecule has 0 unspecified atom stereocenters. The highest BCUT2D eigenvalue weighted by Gasteiger charge is 2.22. The Hall–Kier alpha value is -0.800. The highest BCUT2D eigenvalue weighted by Crippen LogP contribution is 2.22. The van der Waals surface area contributed by atoms with Crippen LogP contribution in [0.25, 0.3) is 0 Å². The Morgan fingerprint density at radius 2 is 1.78 bits per heavy atom. The molecule has 0 radical (unpaired) electrons. The summed E-state index contributed by atoms with van der Waals surface area (Å²) in [5, 5.41) is 9.30. The smallest absolute Gasteiger partial charge is 0.210 e. The van der Waals surface area contributed by atoms with Crippen molar-refractivity contribution < 1.29 is 8.42 Å². The van der Waals surface area contributed by atoms with Crippen molar-refractivity contribution in [3.8, 4) is 6.07 Å². The van der Waals surface area contributed by atoms with Crippen LogP contribution in [0.3, 0.4) is 0 Å². The number of halogens is 2. The predicted octanol–water partition coefficient (Wildman–Crippen LogP) is 2.82. The molecular formula is C11H12Cl2N2O2S. The summed E-state index contributed by atoms with van der Waals surface area (Å²) in [6.45, 7) is 3.29. The van der Waals surface area contributed by atoms with Gasteiger partial charge in [0.15, 0.2) is 0 Å². The zero-order chi connectivity index (χ0) is 14.0. The molecular weight excluding hydrogens is 295 g/mol. The van der Waals surface area contributed by atoms with Crippen LogP contribution in [0.5, 0.6) is 0 Å². The number of nitriles is 1. The Balaban J connectivity index is 2.98. The maximum atomic E-state index is 12.0. The highest BCUT2D eigenvalue weighted by atomic mass is 35.5. The van der Waals surface area contributed by atoms with Crippen LogP contribution >= 0.6 is 23.2 Å². The van der Waals surface area contributed by atoms with E-state index in [-0.39, 0.29) is 21.5 Å². The second kappa shape index (κ2) is 5.45. The number of rotatable bonds is 4. The molecule has 0 bridgehead atoms. The van der Waals surface area contributed by atoms with Crippen LogP contribution in [-0.4, -0.2) is 15.0 Å². The third-order valence-corrected chi connectivity index (χ3v) is 3.97. The van der Waals surface area contributed by atoms with Gasteiger partial charge in [0.25, 0.3) is 0 Å². The third kappa shape index (κ3) is 4.14. The van der Waals surface area contributed by atoms with Crippen molar-refractivity contribution in [1.29, 1.82) is 5.26 Å². The number of nitrogens with zero attached hydrogens (tertiary/aromatic N) is 1. The molecule has 0 aliphatic carbocycles. The minimum absolute atomic E-state index is 0.00989. The Bertz CT molecular complexity index is 571. The molecule has 0 aromatic heterocycles. The number of hydrogen-bond donors (Lipinski definition) is 1. The first-order valence-corrected chi connectivity index (χ1v) is 7.27. The molecule has 0 fully saturated rings. The molecule has 0 atom stereocenters. The Morgan fingerprint density at radius 1 is 1.28 bits per heavy atom. The summed E-state index contributed by atoms with van der Waals surface area (Å²) in [6, 6.07) is 6.06. The molecule has 18 heavy (non-hydrogen) atoms. The summed E-state index contributed by atoms with van der Waals surface area (Å²) in [6.07, 6.45) is 0. The molecule has 1 aromatic carbocycles. The first kappa shape index (κ1) is 15.3. The normalized spacial score (nSPS) is 12.2. The lowest BCUT2D eigenvalue weighted by molar-refractivity contribution is 0.479. The van der Waals surface area contributed by atoms with Gasteiger partial charge in [-0.25, -0.2) is 13.1 Å². The van der Waals surface area contributed by atoms with E-state index in [0.717, 1.165) is 0 Å². The first-order chi connectivity index (χ1) is 8.16. The van der Waals surface area contributed by atoms with Gasteiger partial charge in [-0.05, 0) is 32.0 Å². The van der Waals surface area contributed by atoms with Gasteiger partial charge in [-0.3, -0.25) is 0 Å². The van der Waals surface area contributed by atoms with Crippen molar-refractivity contribution in [2.24, 2.45) is 5.41 Å². The number of nitrogens with one attached hydrogen (secondary N) is 1. The van der Waals surface area contributed by atoms with Crippen molar-refractivity contribution in [1.82, 2.24) is 4.72 Å². The minimum atomic E-state index is -3.72. The lowest BCUT2D eigenvalue weighted by atomic mass is 9.97. The molecule has 0 amide bonds. The number of benzene rings is 1. The van der Waals surface area contributed by atoms with E-state index >= 15 is 0 Å². The van der Waals surface area contributed by atoms with E-state index in [4.69, 9.17) is 28.5 Å². The largest absolute Gasteiger partial charge is 0.240 e. The minimum Gasteiger partial charge on any atom is -0.210 e. The van der Waals surface area contributed by atoms with Crippen LogP contribution in [0, 0.1) is 16.7 Å². The molecule has 98 valence electrons. The zero-order valence-corrected chi connectivity index (χ0v) is 12.2. The molecule has 0 saturated heterocycles. The van der Waals surface area contributed by atoms with E-state index in [0.29, 0.717) is 0 Å². The summed E-state index contributed by atoms with van der Waals surface area (Å²) < 4.78 is 26.3. The maximum Gasteiger partial charge on any atom is 0.240 e. The SMILES string of the molecule is CC(C)(C#N)CNS(=O)(=O)c1cc(Cl)cc(Cl)c1. The van der Waals surface area contributed by atoms with Gasteiger partial charge < -0.3 is 0 Å². The Morgan fingerprint density at radius 3 is 2.22 bits per heavy atom. The molecule has 0 saturated carbocycles. The van der Waals surface area contributed by atoms with E-state index in [2.05, 4.69) is 4.72 Å². The maximum absolute atomic E-state index is 12.0. The van der Waals surface area contributed by atoms with E-state index in [9.17, 15) is 8.42 Å². The molecule has 7 heteroatoms. The molecule has 0 heterocycles. The lowest BCUT2D eigenvalue weighted by Crippen LogP contribution is -2.33. The summed E-state index contributed by atoms with van der Waals surface area (Å²) >= 11 is 11.5. The molecule has 1 N–H and O–H groups in total. The van der Waals surface area contributed by atoms with Crippen molar-refractivity contribution in [3.63, 3.8) is 0 Å². The number of sulfonamides is 1. The Labute approximate surface area is 117 Å². The molecule has 1 rings (SSSR count). The molecule has 0 spiro atoms. The van der Waals surface area contributed by atoms with E-state index in [1.165, 1.54) is 18.2 Å². The van der Waals surface area contributed by atoms with Crippen LogP contribution in [0.4, 0.5) is 0 Å². The summed E-state index contributed by atoms with van der Waals surface area (Å²) in [5.74, 6) is 0. The van der Waals surface area contributed by atoms with Crippen LogP contribution in [0.2, 0.25) is 10.0 Å². The van der Waals surface area contributed by atoms with Gasteiger partial charge in [0.1, 0.15) is 0 Å². The summed E-state index contributed by atoms with van der Waals surface area (Å²) in [4.78, 5) is -0.0197. The fraction of sp³-hybridized carbons (Fsp3) is 0.364. The Kier molecular flexibility index (Phi) is 4.62. The number of hydrogen-bond acceptors (Lipinski definition) is 3. The van der Waals surface area contributed by atoms with Gasteiger partial charge in [-0.2, -0.15) is 5.26 Å². The molecule has 4 nitrogen and oxygen atoms in total. The lowest BCUT2D eigenvalue weighted by Gasteiger charge is -2.16. The summed E-state index contributed by atoms with van der Waals surface area (Å²) in [5.41, 5.74) is -0.782. The third-order valence-electron chi connectivity index (χ3n) is 2.15. The van der Waals surface area contributed by atoms with Gasteiger partial charge >= 0.3 is 0 Å².